The van der Waals surface area contributed by atoms with E-state index in [9.17, 15) is 4.79 Å². The lowest BCUT2D eigenvalue weighted by atomic mass is 9.75. The normalized spacial score (nSPS) is 25.4. The molecule has 0 aliphatic heterocycles. The number of amides is 1. The molecule has 0 heterocycles. The van der Waals surface area contributed by atoms with E-state index in [2.05, 4.69) is 19.0 Å². The Labute approximate surface area is 110 Å². The highest BCUT2D eigenvalue weighted by atomic mass is 16.2. The van der Waals surface area contributed by atoms with Crippen LogP contribution >= 0.6 is 0 Å². The second kappa shape index (κ2) is 4.49. The summed E-state index contributed by atoms with van der Waals surface area (Å²) in [5.41, 5.74) is 5.74. The van der Waals surface area contributed by atoms with Crippen molar-refractivity contribution >= 4 is 5.91 Å². The molecule has 0 aromatic carbocycles. The molecule has 104 valence electrons. The summed E-state index contributed by atoms with van der Waals surface area (Å²) in [4.78, 5) is 16.6. The van der Waals surface area contributed by atoms with Gasteiger partial charge in [0.15, 0.2) is 0 Å². The molecule has 0 saturated heterocycles. The topological polar surface area (TPSA) is 49.6 Å². The molecule has 0 aromatic heterocycles. The number of hydrogen-bond acceptors (Lipinski definition) is 3. The quantitative estimate of drug-likeness (QED) is 0.797. The lowest BCUT2D eigenvalue weighted by Gasteiger charge is -2.49. The highest BCUT2D eigenvalue weighted by Crippen LogP contribution is 2.40. The maximum atomic E-state index is 12.5. The van der Waals surface area contributed by atoms with Gasteiger partial charge in [0.05, 0.1) is 5.54 Å². The Morgan fingerprint density at radius 1 is 1.33 bits per heavy atom. The van der Waals surface area contributed by atoms with Crippen LogP contribution in [0.2, 0.25) is 0 Å². The van der Waals surface area contributed by atoms with Crippen LogP contribution in [0.25, 0.3) is 0 Å². The predicted octanol–water partition coefficient (Wildman–Crippen LogP) is 1.06. The smallest absolute Gasteiger partial charge is 0.242 e. The second-order valence-corrected chi connectivity index (χ2v) is 6.69. The molecule has 18 heavy (non-hydrogen) atoms. The van der Waals surface area contributed by atoms with Gasteiger partial charge in [-0.25, -0.2) is 0 Å². The lowest BCUT2D eigenvalue weighted by Crippen LogP contribution is -2.61. The van der Waals surface area contributed by atoms with E-state index in [1.807, 2.05) is 18.9 Å². The number of hydrogen-bond donors (Lipinski definition) is 1. The number of nitrogens with two attached hydrogens (primary N) is 1. The molecule has 2 aliphatic rings. The fraction of sp³-hybridized carbons (Fsp3) is 0.929. The van der Waals surface area contributed by atoms with Gasteiger partial charge in [-0.05, 0) is 59.0 Å². The average molecular weight is 253 g/mol. The van der Waals surface area contributed by atoms with Gasteiger partial charge in [-0.1, -0.05) is 0 Å². The molecule has 4 nitrogen and oxygen atoms in total. The number of likely N-dealkylation sites (N-methyl/N-ethyl adjacent to an activating group) is 2. The molecule has 1 atom stereocenters. The molecular weight excluding hydrogens is 226 g/mol. The first-order valence-electron chi connectivity index (χ1n) is 7.01. The Bertz CT molecular complexity index is 330. The van der Waals surface area contributed by atoms with Crippen LogP contribution in [0.15, 0.2) is 0 Å². The van der Waals surface area contributed by atoms with Crippen molar-refractivity contribution in [3.05, 3.63) is 0 Å². The van der Waals surface area contributed by atoms with Gasteiger partial charge in [0.25, 0.3) is 0 Å². The number of rotatable bonds is 5. The molecule has 0 spiro atoms. The van der Waals surface area contributed by atoms with E-state index in [4.69, 9.17) is 5.73 Å². The van der Waals surface area contributed by atoms with Gasteiger partial charge in [-0.2, -0.15) is 0 Å². The van der Waals surface area contributed by atoms with Crippen LogP contribution in [-0.2, 0) is 4.79 Å². The summed E-state index contributed by atoms with van der Waals surface area (Å²) >= 11 is 0. The molecule has 1 amide bonds. The van der Waals surface area contributed by atoms with E-state index in [1.165, 1.54) is 19.3 Å². The highest BCUT2D eigenvalue weighted by molar-refractivity contribution is 5.86. The zero-order valence-corrected chi connectivity index (χ0v) is 12.2. The van der Waals surface area contributed by atoms with Crippen molar-refractivity contribution in [2.24, 2.45) is 11.7 Å². The minimum atomic E-state index is -0.661. The number of nitrogens with zero attached hydrogens (tertiary/aromatic N) is 2. The first kappa shape index (κ1) is 13.8. The maximum Gasteiger partial charge on any atom is 0.242 e. The van der Waals surface area contributed by atoms with Crippen LogP contribution < -0.4 is 5.73 Å². The Morgan fingerprint density at radius 2 is 1.89 bits per heavy atom. The number of carbonyl (C=O) groups excluding carboxylic acids is 1. The SMILES string of the molecule is CN(CC1(N(C)C)CCC1)C(=O)C(C)(N)C1CC1. The number of carbonyl (C=O) groups is 1. The Kier molecular flexibility index (Phi) is 3.45. The van der Waals surface area contributed by atoms with Crippen LogP contribution in [0.1, 0.15) is 39.0 Å². The molecular formula is C14H27N3O. The average Bonchev–Trinajstić information content (AvgIpc) is 3.04. The summed E-state index contributed by atoms with van der Waals surface area (Å²) in [5, 5.41) is 0. The van der Waals surface area contributed by atoms with Crippen molar-refractivity contribution < 1.29 is 4.79 Å². The molecule has 1 unspecified atom stereocenters. The summed E-state index contributed by atoms with van der Waals surface area (Å²) in [7, 11) is 6.12. The largest absolute Gasteiger partial charge is 0.342 e. The predicted molar refractivity (Wildman–Crippen MR) is 73.2 cm³/mol. The lowest BCUT2D eigenvalue weighted by molar-refractivity contribution is -0.138. The molecule has 0 radical (unpaired) electrons. The third-order valence-electron chi connectivity index (χ3n) is 5.00. The third-order valence-corrected chi connectivity index (χ3v) is 5.00. The molecule has 2 aliphatic carbocycles. The van der Waals surface area contributed by atoms with Gasteiger partial charge in [-0.3, -0.25) is 4.79 Å². The Balaban J connectivity index is 1.99. The molecule has 2 fully saturated rings. The van der Waals surface area contributed by atoms with E-state index >= 15 is 0 Å². The fourth-order valence-electron chi connectivity index (χ4n) is 3.11. The maximum absolute atomic E-state index is 12.5. The standard InChI is InChI=1S/C14H27N3O/c1-13(15,11-6-7-11)12(18)17(4)10-14(16(2)3)8-5-9-14/h11H,5-10,15H2,1-4H3. The minimum Gasteiger partial charge on any atom is -0.342 e. The Morgan fingerprint density at radius 3 is 2.22 bits per heavy atom. The van der Waals surface area contributed by atoms with Crippen molar-refractivity contribution in [2.75, 3.05) is 27.7 Å². The van der Waals surface area contributed by atoms with Gasteiger partial charge in [0, 0.05) is 19.1 Å². The zero-order chi connectivity index (χ0) is 13.6. The van der Waals surface area contributed by atoms with E-state index in [1.54, 1.807) is 0 Å². The van der Waals surface area contributed by atoms with Crippen molar-refractivity contribution in [3.8, 4) is 0 Å². The first-order chi connectivity index (χ1) is 8.29. The second-order valence-electron chi connectivity index (χ2n) is 6.69. The van der Waals surface area contributed by atoms with Gasteiger partial charge in [0.1, 0.15) is 0 Å². The van der Waals surface area contributed by atoms with Crippen LogP contribution in [0.3, 0.4) is 0 Å². The first-order valence-corrected chi connectivity index (χ1v) is 7.01. The minimum absolute atomic E-state index is 0.109. The van der Waals surface area contributed by atoms with Crippen LogP contribution in [-0.4, -0.2) is 54.5 Å². The van der Waals surface area contributed by atoms with Crippen molar-refractivity contribution in [1.29, 1.82) is 0 Å². The molecule has 2 saturated carbocycles. The van der Waals surface area contributed by atoms with Crippen LogP contribution in [0.5, 0.6) is 0 Å². The summed E-state index contributed by atoms with van der Waals surface area (Å²) < 4.78 is 0. The molecule has 0 bridgehead atoms. The molecule has 2 rings (SSSR count). The summed E-state index contributed by atoms with van der Waals surface area (Å²) in [6.07, 6.45) is 5.84. The highest BCUT2D eigenvalue weighted by Gasteiger charge is 2.47. The van der Waals surface area contributed by atoms with Gasteiger partial charge in [-0.15, -0.1) is 0 Å². The molecule has 4 heteroatoms. The van der Waals surface area contributed by atoms with Gasteiger partial charge >= 0.3 is 0 Å². The third kappa shape index (κ3) is 2.28. The van der Waals surface area contributed by atoms with E-state index in [0.717, 1.165) is 19.4 Å². The van der Waals surface area contributed by atoms with Crippen molar-refractivity contribution in [3.63, 3.8) is 0 Å². The van der Waals surface area contributed by atoms with Crippen molar-refractivity contribution in [2.45, 2.75) is 50.1 Å². The van der Waals surface area contributed by atoms with Crippen LogP contribution in [0, 0.1) is 5.92 Å². The summed E-state index contributed by atoms with van der Waals surface area (Å²) in [5.74, 6) is 0.502. The van der Waals surface area contributed by atoms with Crippen molar-refractivity contribution in [1.82, 2.24) is 9.80 Å². The van der Waals surface area contributed by atoms with Gasteiger partial charge in [0.2, 0.25) is 5.91 Å². The summed E-state index contributed by atoms with van der Waals surface area (Å²) in [6.45, 7) is 2.70. The monoisotopic (exact) mass is 253 g/mol. The van der Waals surface area contributed by atoms with E-state index in [-0.39, 0.29) is 11.4 Å². The Hall–Kier alpha value is -0.610. The molecule has 2 N–H and O–H groups in total. The van der Waals surface area contributed by atoms with E-state index in [0.29, 0.717) is 5.92 Å². The molecule has 0 aromatic rings. The van der Waals surface area contributed by atoms with E-state index < -0.39 is 5.54 Å². The summed E-state index contributed by atoms with van der Waals surface area (Å²) in [6, 6.07) is 0. The zero-order valence-electron chi connectivity index (χ0n) is 12.2. The fourth-order valence-corrected chi connectivity index (χ4v) is 3.11. The van der Waals surface area contributed by atoms with Crippen LogP contribution in [0.4, 0.5) is 0 Å². The van der Waals surface area contributed by atoms with Gasteiger partial charge < -0.3 is 15.5 Å².